The molecule has 2 atom stereocenters. The smallest absolute Gasteiger partial charge is 0.209 e. The fourth-order valence-electron chi connectivity index (χ4n) is 2.69. The molecule has 2 aliphatic rings. The predicted molar refractivity (Wildman–Crippen MR) is 71.7 cm³/mol. The molecule has 100 valence electrons. The van der Waals surface area contributed by atoms with Crippen LogP contribution in [0.15, 0.2) is 5.16 Å². The minimum atomic E-state index is 0.571. The number of thioether (sulfide) groups is 1. The highest BCUT2D eigenvalue weighted by Gasteiger charge is 2.31. The molecule has 0 aliphatic heterocycles. The number of rotatable bonds is 4. The van der Waals surface area contributed by atoms with Crippen molar-refractivity contribution < 1.29 is 0 Å². The molecule has 18 heavy (non-hydrogen) atoms. The first-order valence-corrected chi connectivity index (χ1v) is 7.88. The van der Waals surface area contributed by atoms with Gasteiger partial charge in [-0.15, -0.1) is 5.10 Å². The quantitative estimate of drug-likeness (QED) is 0.846. The van der Waals surface area contributed by atoms with Crippen LogP contribution >= 0.6 is 11.8 Å². The second-order valence-electron chi connectivity index (χ2n) is 5.33. The van der Waals surface area contributed by atoms with Crippen molar-refractivity contribution in [2.24, 2.45) is 0 Å². The molecular weight excluding hydrogens is 246 g/mol. The van der Waals surface area contributed by atoms with E-state index in [1.807, 2.05) is 16.4 Å². The summed E-state index contributed by atoms with van der Waals surface area (Å²) in [6, 6.07) is 1.17. The van der Waals surface area contributed by atoms with Crippen LogP contribution in [0.5, 0.6) is 0 Å². The Morgan fingerprint density at radius 1 is 1.17 bits per heavy atom. The standard InChI is InChI=1S/C12H21N5S/c1-13-10-5-3-2-4-6-11(10)18-12-14-15-16-17(12)9-7-8-9/h9-11,13H,2-8H2,1H3. The highest BCUT2D eigenvalue weighted by Crippen LogP contribution is 2.39. The lowest BCUT2D eigenvalue weighted by molar-refractivity contribution is 0.506. The largest absolute Gasteiger partial charge is 0.316 e. The van der Waals surface area contributed by atoms with Gasteiger partial charge in [0, 0.05) is 11.3 Å². The van der Waals surface area contributed by atoms with Crippen LogP contribution in [0.1, 0.15) is 51.0 Å². The van der Waals surface area contributed by atoms with Gasteiger partial charge in [0.05, 0.1) is 6.04 Å². The molecule has 0 aromatic carbocycles. The first-order valence-electron chi connectivity index (χ1n) is 7.00. The Bertz CT molecular complexity index is 390. The number of aromatic nitrogens is 4. The van der Waals surface area contributed by atoms with E-state index < -0.39 is 0 Å². The Morgan fingerprint density at radius 3 is 2.78 bits per heavy atom. The van der Waals surface area contributed by atoms with Crippen LogP contribution in [0.25, 0.3) is 0 Å². The number of tetrazole rings is 1. The lowest BCUT2D eigenvalue weighted by Crippen LogP contribution is -2.34. The Balaban J connectivity index is 1.70. The van der Waals surface area contributed by atoms with Crippen LogP contribution in [0, 0.1) is 0 Å². The molecule has 2 fully saturated rings. The van der Waals surface area contributed by atoms with Crippen LogP contribution < -0.4 is 5.32 Å². The van der Waals surface area contributed by atoms with Crippen LogP contribution in [0.4, 0.5) is 0 Å². The number of nitrogens with one attached hydrogen (secondary N) is 1. The van der Waals surface area contributed by atoms with Crippen molar-refractivity contribution in [1.82, 2.24) is 25.5 Å². The Kier molecular flexibility index (Phi) is 3.84. The second-order valence-corrected chi connectivity index (χ2v) is 6.53. The maximum absolute atomic E-state index is 4.21. The van der Waals surface area contributed by atoms with Crippen molar-refractivity contribution in [3.8, 4) is 0 Å². The summed E-state index contributed by atoms with van der Waals surface area (Å²) in [5.41, 5.74) is 0. The zero-order valence-corrected chi connectivity index (χ0v) is 11.7. The van der Waals surface area contributed by atoms with Gasteiger partial charge in [0.15, 0.2) is 0 Å². The van der Waals surface area contributed by atoms with Crippen LogP contribution in [-0.4, -0.2) is 38.5 Å². The Morgan fingerprint density at radius 2 is 2.00 bits per heavy atom. The van der Waals surface area contributed by atoms with Gasteiger partial charge in [-0.05, 0) is 43.2 Å². The van der Waals surface area contributed by atoms with Gasteiger partial charge >= 0.3 is 0 Å². The molecule has 0 amide bonds. The van der Waals surface area contributed by atoms with E-state index in [4.69, 9.17) is 0 Å². The normalized spacial score (nSPS) is 29.2. The molecular formula is C12H21N5S. The summed E-state index contributed by atoms with van der Waals surface area (Å²) < 4.78 is 2.03. The van der Waals surface area contributed by atoms with E-state index in [2.05, 4.69) is 27.9 Å². The van der Waals surface area contributed by atoms with Gasteiger partial charge in [-0.3, -0.25) is 0 Å². The molecule has 1 N–H and O–H groups in total. The zero-order chi connectivity index (χ0) is 12.4. The predicted octanol–water partition coefficient (Wildman–Crippen LogP) is 2.02. The first-order chi connectivity index (χ1) is 8.88. The molecule has 0 spiro atoms. The van der Waals surface area contributed by atoms with Gasteiger partial charge in [0.25, 0.3) is 0 Å². The third-order valence-electron chi connectivity index (χ3n) is 3.94. The van der Waals surface area contributed by atoms with Gasteiger partial charge in [0.1, 0.15) is 0 Å². The molecule has 2 aliphatic carbocycles. The molecule has 1 aromatic rings. The van der Waals surface area contributed by atoms with Crippen molar-refractivity contribution in [2.75, 3.05) is 7.05 Å². The van der Waals surface area contributed by atoms with Gasteiger partial charge in [-0.2, -0.15) is 0 Å². The topological polar surface area (TPSA) is 55.6 Å². The van der Waals surface area contributed by atoms with E-state index in [9.17, 15) is 0 Å². The third kappa shape index (κ3) is 2.69. The molecule has 1 aromatic heterocycles. The zero-order valence-electron chi connectivity index (χ0n) is 10.9. The Hall–Kier alpha value is -0.620. The van der Waals surface area contributed by atoms with Crippen LogP contribution in [0.3, 0.4) is 0 Å². The van der Waals surface area contributed by atoms with Crippen molar-refractivity contribution in [3.63, 3.8) is 0 Å². The molecule has 5 nitrogen and oxygen atoms in total. The third-order valence-corrected chi connectivity index (χ3v) is 5.28. The lowest BCUT2D eigenvalue weighted by Gasteiger charge is -2.23. The molecule has 6 heteroatoms. The van der Waals surface area contributed by atoms with Gasteiger partial charge in [-0.25, -0.2) is 4.68 Å². The fraction of sp³-hybridized carbons (Fsp3) is 0.917. The van der Waals surface area contributed by atoms with Crippen molar-refractivity contribution >= 4 is 11.8 Å². The van der Waals surface area contributed by atoms with E-state index in [0.717, 1.165) is 5.16 Å². The molecule has 0 bridgehead atoms. The maximum atomic E-state index is 4.21. The van der Waals surface area contributed by atoms with Crippen molar-refractivity contribution in [3.05, 3.63) is 0 Å². The van der Waals surface area contributed by atoms with Gasteiger partial charge in [-0.1, -0.05) is 31.0 Å². The molecule has 0 saturated heterocycles. The molecule has 1 heterocycles. The fourth-order valence-corrected chi connectivity index (χ4v) is 4.06. The van der Waals surface area contributed by atoms with E-state index in [0.29, 0.717) is 17.3 Å². The summed E-state index contributed by atoms with van der Waals surface area (Å²) in [5, 5.41) is 17.3. The second kappa shape index (κ2) is 5.57. The number of nitrogens with zero attached hydrogens (tertiary/aromatic N) is 4. The monoisotopic (exact) mass is 267 g/mol. The molecule has 2 unspecified atom stereocenters. The SMILES string of the molecule is CNC1CCCCCC1Sc1nnnn1C1CC1. The molecule has 2 saturated carbocycles. The molecule has 3 rings (SSSR count). The average molecular weight is 267 g/mol. The van der Waals surface area contributed by atoms with Crippen LogP contribution in [-0.2, 0) is 0 Å². The Labute approximate surface area is 112 Å². The van der Waals surface area contributed by atoms with Gasteiger partial charge in [0.2, 0.25) is 5.16 Å². The summed E-state index contributed by atoms with van der Waals surface area (Å²) in [6.45, 7) is 0. The lowest BCUT2D eigenvalue weighted by atomic mass is 10.1. The van der Waals surface area contributed by atoms with Crippen LogP contribution in [0.2, 0.25) is 0 Å². The number of hydrogen-bond acceptors (Lipinski definition) is 5. The summed E-state index contributed by atoms with van der Waals surface area (Å²) in [4.78, 5) is 0. The first kappa shape index (κ1) is 12.4. The summed E-state index contributed by atoms with van der Waals surface area (Å²) in [7, 11) is 2.08. The minimum Gasteiger partial charge on any atom is -0.316 e. The maximum Gasteiger partial charge on any atom is 0.209 e. The van der Waals surface area contributed by atoms with Gasteiger partial charge < -0.3 is 5.32 Å². The summed E-state index contributed by atoms with van der Waals surface area (Å²) in [6.07, 6.45) is 9.06. The highest BCUT2D eigenvalue weighted by atomic mass is 32.2. The highest BCUT2D eigenvalue weighted by molar-refractivity contribution is 7.99. The van der Waals surface area contributed by atoms with Crippen molar-refractivity contribution in [1.29, 1.82) is 0 Å². The number of hydrogen-bond donors (Lipinski definition) is 1. The minimum absolute atomic E-state index is 0.571. The molecule has 0 radical (unpaired) electrons. The van der Waals surface area contributed by atoms with Crippen molar-refractivity contribution in [2.45, 2.75) is 67.4 Å². The van der Waals surface area contributed by atoms with E-state index in [-0.39, 0.29) is 0 Å². The van der Waals surface area contributed by atoms with E-state index in [1.165, 1.54) is 44.9 Å². The van der Waals surface area contributed by atoms with E-state index >= 15 is 0 Å². The average Bonchev–Trinajstić information content (AvgIpc) is 3.16. The van der Waals surface area contributed by atoms with E-state index in [1.54, 1.807) is 0 Å². The summed E-state index contributed by atoms with van der Waals surface area (Å²) in [5.74, 6) is 0. The summed E-state index contributed by atoms with van der Waals surface area (Å²) >= 11 is 1.88.